The van der Waals surface area contributed by atoms with Crippen molar-refractivity contribution in [1.29, 1.82) is 0 Å². The van der Waals surface area contributed by atoms with Crippen LogP contribution in [-0.2, 0) is 21.1 Å². The first-order valence-electron chi connectivity index (χ1n) is 7.66. The van der Waals surface area contributed by atoms with E-state index in [2.05, 4.69) is 5.32 Å². The first-order chi connectivity index (χ1) is 10.3. The Bertz CT molecular complexity index is 617. The number of halogens is 1. The maximum Gasteiger partial charge on any atom is 0.227 e. The molecule has 1 aliphatic carbocycles. The minimum Gasteiger partial charge on any atom is -0.328 e. The number of carbonyl (C=O) groups excluding carboxylic acids is 1. The number of carbonyl (C=O) groups is 1. The minimum absolute atomic E-state index is 0. The summed E-state index contributed by atoms with van der Waals surface area (Å²) in [5, 5.41) is 2.92. The van der Waals surface area contributed by atoms with Crippen molar-refractivity contribution in [3.63, 3.8) is 0 Å². The Labute approximate surface area is 144 Å². The lowest BCUT2D eigenvalue weighted by Gasteiger charge is -2.25. The van der Waals surface area contributed by atoms with E-state index in [0.717, 1.165) is 36.9 Å². The smallest absolute Gasteiger partial charge is 0.227 e. The standard InChI is InChI=1S/C16H24N2O3S.ClH/c1-22(20,21)10-9-12-5-7-15(8-6-12)18-16(19)13-3-2-4-14(17)11-13;/h5-8,13-14H,2-4,9-11,17H2,1H3,(H,18,19);1H. The quantitative estimate of drug-likeness (QED) is 0.841. The third-order valence-electron chi connectivity index (χ3n) is 4.07. The zero-order chi connectivity index (χ0) is 16.2. The van der Waals surface area contributed by atoms with Crippen LogP contribution in [0.4, 0.5) is 5.69 Å². The number of rotatable bonds is 5. The average molecular weight is 361 g/mol. The summed E-state index contributed by atoms with van der Waals surface area (Å²) in [6.07, 6.45) is 5.37. The lowest BCUT2D eigenvalue weighted by atomic mass is 9.85. The summed E-state index contributed by atoms with van der Waals surface area (Å²) in [6, 6.07) is 7.47. The summed E-state index contributed by atoms with van der Waals surface area (Å²) in [7, 11) is -2.95. The van der Waals surface area contributed by atoms with E-state index in [9.17, 15) is 13.2 Å². The van der Waals surface area contributed by atoms with Gasteiger partial charge in [-0.25, -0.2) is 8.42 Å². The van der Waals surface area contributed by atoms with E-state index < -0.39 is 9.84 Å². The van der Waals surface area contributed by atoms with Crippen molar-refractivity contribution >= 4 is 33.8 Å². The molecular weight excluding hydrogens is 336 g/mol. The number of sulfone groups is 1. The van der Waals surface area contributed by atoms with Crippen LogP contribution < -0.4 is 11.1 Å². The van der Waals surface area contributed by atoms with Crippen LogP contribution in [0.15, 0.2) is 24.3 Å². The van der Waals surface area contributed by atoms with Gasteiger partial charge in [0.25, 0.3) is 0 Å². The van der Waals surface area contributed by atoms with Crippen LogP contribution in [0.3, 0.4) is 0 Å². The van der Waals surface area contributed by atoms with E-state index in [-0.39, 0.29) is 36.0 Å². The molecule has 0 saturated heterocycles. The van der Waals surface area contributed by atoms with Crippen molar-refractivity contribution in [1.82, 2.24) is 0 Å². The number of nitrogens with two attached hydrogens (primary N) is 1. The summed E-state index contributed by atoms with van der Waals surface area (Å²) in [5.41, 5.74) is 7.61. The molecule has 0 heterocycles. The highest BCUT2D eigenvalue weighted by molar-refractivity contribution is 7.90. The number of amides is 1. The summed E-state index contributed by atoms with van der Waals surface area (Å²) < 4.78 is 22.3. The Balaban J connectivity index is 0.00000264. The van der Waals surface area contributed by atoms with Crippen LogP contribution in [0.2, 0.25) is 0 Å². The van der Waals surface area contributed by atoms with Crippen LogP contribution in [0.1, 0.15) is 31.2 Å². The van der Waals surface area contributed by atoms with Crippen LogP contribution >= 0.6 is 12.4 Å². The zero-order valence-corrected chi connectivity index (χ0v) is 15.0. The van der Waals surface area contributed by atoms with Crippen molar-refractivity contribution in [3.05, 3.63) is 29.8 Å². The molecule has 1 aromatic carbocycles. The topological polar surface area (TPSA) is 89.3 Å². The summed E-state index contributed by atoms with van der Waals surface area (Å²) >= 11 is 0. The van der Waals surface area contributed by atoms with Gasteiger partial charge in [0.1, 0.15) is 9.84 Å². The van der Waals surface area contributed by atoms with Crippen molar-refractivity contribution in [2.75, 3.05) is 17.3 Å². The summed E-state index contributed by atoms with van der Waals surface area (Å²) in [6.45, 7) is 0. The summed E-state index contributed by atoms with van der Waals surface area (Å²) in [4.78, 5) is 12.2. The molecular formula is C16H25ClN2O3S. The first-order valence-corrected chi connectivity index (χ1v) is 9.72. The van der Waals surface area contributed by atoms with Gasteiger partial charge in [0.05, 0.1) is 5.75 Å². The molecule has 2 atom stereocenters. The third kappa shape index (κ3) is 6.89. The summed E-state index contributed by atoms with van der Waals surface area (Å²) in [5.74, 6) is 0.159. The average Bonchev–Trinajstić information content (AvgIpc) is 2.46. The van der Waals surface area contributed by atoms with Gasteiger partial charge in [0, 0.05) is 23.9 Å². The van der Waals surface area contributed by atoms with Crippen molar-refractivity contribution in [3.8, 4) is 0 Å². The molecule has 0 radical (unpaired) electrons. The van der Waals surface area contributed by atoms with Crippen LogP contribution in [0.25, 0.3) is 0 Å². The Morgan fingerprint density at radius 2 is 1.91 bits per heavy atom. The second-order valence-electron chi connectivity index (χ2n) is 6.19. The van der Waals surface area contributed by atoms with Gasteiger partial charge in [0.2, 0.25) is 5.91 Å². The first kappa shape index (κ1) is 19.9. The van der Waals surface area contributed by atoms with Gasteiger partial charge in [-0.05, 0) is 43.4 Å². The molecule has 2 rings (SSSR count). The van der Waals surface area contributed by atoms with Gasteiger partial charge in [0.15, 0.2) is 0 Å². The molecule has 3 N–H and O–H groups in total. The number of hydrogen-bond donors (Lipinski definition) is 2. The van der Waals surface area contributed by atoms with Gasteiger partial charge in [-0.15, -0.1) is 12.4 Å². The molecule has 1 saturated carbocycles. The molecule has 5 nitrogen and oxygen atoms in total. The Hall–Kier alpha value is -1.11. The molecule has 0 aromatic heterocycles. The zero-order valence-electron chi connectivity index (χ0n) is 13.3. The van der Waals surface area contributed by atoms with E-state index in [1.165, 1.54) is 6.26 Å². The van der Waals surface area contributed by atoms with E-state index in [1.807, 2.05) is 24.3 Å². The fourth-order valence-electron chi connectivity index (χ4n) is 2.77. The van der Waals surface area contributed by atoms with E-state index >= 15 is 0 Å². The largest absolute Gasteiger partial charge is 0.328 e. The van der Waals surface area contributed by atoms with Crippen molar-refractivity contribution in [2.45, 2.75) is 38.1 Å². The van der Waals surface area contributed by atoms with Crippen molar-refractivity contribution < 1.29 is 13.2 Å². The molecule has 2 unspecified atom stereocenters. The van der Waals surface area contributed by atoms with Gasteiger partial charge in [-0.2, -0.15) is 0 Å². The molecule has 130 valence electrons. The molecule has 1 aliphatic rings. The number of nitrogens with one attached hydrogen (secondary N) is 1. The van der Waals surface area contributed by atoms with Gasteiger partial charge < -0.3 is 11.1 Å². The van der Waals surface area contributed by atoms with Crippen LogP contribution in [-0.4, -0.2) is 32.4 Å². The number of anilines is 1. The van der Waals surface area contributed by atoms with Crippen molar-refractivity contribution in [2.24, 2.45) is 11.7 Å². The normalized spacial score (nSPS) is 21.3. The molecule has 1 amide bonds. The van der Waals surface area contributed by atoms with E-state index in [0.29, 0.717) is 6.42 Å². The molecule has 1 aromatic rings. The molecule has 0 aliphatic heterocycles. The lowest BCUT2D eigenvalue weighted by molar-refractivity contribution is -0.120. The van der Waals surface area contributed by atoms with Gasteiger partial charge >= 0.3 is 0 Å². The van der Waals surface area contributed by atoms with Gasteiger partial charge in [-0.3, -0.25) is 4.79 Å². The van der Waals surface area contributed by atoms with Crippen LogP contribution in [0, 0.1) is 5.92 Å². The Morgan fingerprint density at radius 3 is 2.48 bits per heavy atom. The maximum atomic E-state index is 12.2. The second kappa shape index (κ2) is 8.66. The van der Waals surface area contributed by atoms with Crippen LogP contribution in [0.5, 0.6) is 0 Å². The predicted molar refractivity (Wildman–Crippen MR) is 95.7 cm³/mol. The number of aryl methyl sites for hydroxylation is 1. The minimum atomic E-state index is -2.95. The Morgan fingerprint density at radius 1 is 1.26 bits per heavy atom. The monoisotopic (exact) mass is 360 g/mol. The fourth-order valence-corrected chi connectivity index (χ4v) is 3.37. The predicted octanol–water partition coefficient (Wildman–Crippen LogP) is 2.15. The second-order valence-corrected chi connectivity index (χ2v) is 8.45. The fraction of sp³-hybridized carbons (Fsp3) is 0.562. The molecule has 7 heteroatoms. The highest BCUT2D eigenvalue weighted by Gasteiger charge is 2.25. The molecule has 23 heavy (non-hydrogen) atoms. The number of benzene rings is 1. The van der Waals surface area contributed by atoms with E-state index in [1.54, 1.807) is 0 Å². The molecule has 0 spiro atoms. The highest BCUT2D eigenvalue weighted by Crippen LogP contribution is 2.24. The SMILES string of the molecule is CS(=O)(=O)CCc1ccc(NC(=O)C2CCCC(N)C2)cc1.Cl. The molecule has 1 fully saturated rings. The Kier molecular flexibility index (Phi) is 7.51. The molecule has 0 bridgehead atoms. The van der Waals surface area contributed by atoms with E-state index in [4.69, 9.17) is 5.73 Å². The lowest BCUT2D eigenvalue weighted by Crippen LogP contribution is -2.34. The maximum absolute atomic E-state index is 12.2. The van der Waals surface area contributed by atoms with Gasteiger partial charge in [-0.1, -0.05) is 18.6 Å². The third-order valence-corrected chi connectivity index (χ3v) is 5.01. The highest BCUT2D eigenvalue weighted by atomic mass is 35.5. The number of hydrogen-bond acceptors (Lipinski definition) is 4.